The van der Waals surface area contributed by atoms with E-state index in [4.69, 9.17) is 4.74 Å². The lowest BCUT2D eigenvalue weighted by molar-refractivity contribution is 0.0635. The Kier molecular flexibility index (Phi) is 10.8. The van der Waals surface area contributed by atoms with E-state index in [2.05, 4.69) is 22.5 Å². The SMILES string of the molecule is C=C(CN(C)C)CN(Cc1ccc(C(=O)Nc2ccccc2NC(=O)OC(C)(C)C)cc1)C(=O)Nc1ccc(F)cc1. The summed E-state index contributed by atoms with van der Waals surface area (Å²) in [5.74, 6) is -0.763. The van der Waals surface area contributed by atoms with Crippen LogP contribution >= 0.6 is 0 Å². The van der Waals surface area contributed by atoms with E-state index < -0.39 is 17.5 Å². The van der Waals surface area contributed by atoms with E-state index in [0.29, 0.717) is 35.7 Å². The zero-order chi connectivity index (χ0) is 30.9. The minimum atomic E-state index is -0.666. The van der Waals surface area contributed by atoms with Crippen molar-refractivity contribution in [2.75, 3.05) is 43.1 Å². The number of ether oxygens (including phenoxy) is 1. The van der Waals surface area contributed by atoms with Crippen LogP contribution in [0.25, 0.3) is 0 Å². The summed E-state index contributed by atoms with van der Waals surface area (Å²) in [4.78, 5) is 42.0. The van der Waals surface area contributed by atoms with Gasteiger partial charge in [0.05, 0.1) is 11.4 Å². The molecule has 0 radical (unpaired) electrons. The first kappa shape index (κ1) is 31.8. The van der Waals surface area contributed by atoms with Gasteiger partial charge in [0, 0.05) is 30.9 Å². The molecule has 0 saturated carbocycles. The first-order valence-corrected chi connectivity index (χ1v) is 13.4. The average molecular weight is 576 g/mol. The summed E-state index contributed by atoms with van der Waals surface area (Å²) in [5.41, 5.74) is 2.65. The van der Waals surface area contributed by atoms with E-state index in [1.807, 2.05) is 19.0 Å². The van der Waals surface area contributed by atoms with Crippen molar-refractivity contribution in [3.05, 3.63) is 102 Å². The molecule has 222 valence electrons. The van der Waals surface area contributed by atoms with Gasteiger partial charge in [-0.25, -0.2) is 14.0 Å². The summed E-state index contributed by atoms with van der Waals surface area (Å²) < 4.78 is 18.6. The van der Waals surface area contributed by atoms with Crippen molar-refractivity contribution < 1.29 is 23.5 Å². The Bertz CT molecular complexity index is 1400. The minimum Gasteiger partial charge on any atom is -0.444 e. The maximum Gasteiger partial charge on any atom is 0.412 e. The second kappa shape index (κ2) is 14.3. The molecule has 0 atom stereocenters. The fourth-order valence-corrected chi connectivity index (χ4v) is 3.99. The Morgan fingerprint density at radius 3 is 2.00 bits per heavy atom. The molecule has 0 aliphatic carbocycles. The third-order valence-electron chi connectivity index (χ3n) is 5.74. The number of rotatable bonds is 10. The number of nitrogens with one attached hydrogen (secondary N) is 3. The number of anilines is 3. The van der Waals surface area contributed by atoms with Crippen LogP contribution < -0.4 is 16.0 Å². The first-order chi connectivity index (χ1) is 19.8. The molecule has 9 nitrogen and oxygen atoms in total. The molecule has 0 unspecified atom stereocenters. The Hall–Kier alpha value is -4.70. The fraction of sp³-hybridized carbons (Fsp3) is 0.281. The Morgan fingerprint density at radius 2 is 1.43 bits per heavy atom. The predicted octanol–water partition coefficient (Wildman–Crippen LogP) is 6.58. The molecule has 0 spiro atoms. The maximum atomic E-state index is 13.3. The number of hydrogen-bond acceptors (Lipinski definition) is 5. The summed E-state index contributed by atoms with van der Waals surface area (Å²) in [6, 6.07) is 18.9. The zero-order valence-corrected chi connectivity index (χ0v) is 24.7. The molecule has 0 saturated heterocycles. The van der Waals surface area contributed by atoms with Crippen molar-refractivity contribution in [2.45, 2.75) is 32.9 Å². The Balaban J connectivity index is 1.70. The van der Waals surface area contributed by atoms with Gasteiger partial charge in [0.2, 0.25) is 0 Å². The molecule has 3 N–H and O–H groups in total. The topological polar surface area (TPSA) is 103 Å². The molecule has 3 aromatic carbocycles. The molecular formula is C32H38FN5O4. The van der Waals surface area contributed by atoms with Gasteiger partial charge >= 0.3 is 12.1 Å². The van der Waals surface area contributed by atoms with Crippen LogP contribution in [0.4, 0.5) is 31.0 Å². The standard InChI is InChI=1S/C32H38FN5O4/c1-22(19-37(5)6)20-38(30(40)34-26-17-15-25(33)16-18-26)21-23-11-13-24(14-12-23)29(39)35-27-9-7-8-10-28(27)36-31(41)42-32(2,3)4/h7-18H,1,19-21H2,2-6H3,(H,34,40)(H,35,39)(H,36,41). The van der Waals surface area contributed by atoms with Gasteiger partial charge in [-0.1, -0.05) is 30.8 Å². The molecule has 0 heterocycles. The van der Waals surface area contributed by atoms with E-state index >= 15 is 0 Å². The van der Waals surface area contributed by atoms with Gasteiger partial charge in [-0.15, -0.1) is 0 Å². The van der Waals surface area contributed by atoms with Gasteiger partial charge in [0.1, 0.15) is 11.4 Å². The van der Waals surface area contributed by atoms with E-state index in [1.54, 1.807) is 74.2 Å². The number of urea groups is 1. The Labute approximate surface area is 246 Å². The normalized spacial score (nSPS) is 11.0. The monoisotopic (exact) mass is 575 g/mol. The van der Waals surface area contributed by atoms with Crippen LogP contribution in [-0.4, -0.2) is 60.6 Å². The van der Waals surface area contributed by atoms with Gasteiger partial charge < -0.3 is 25.2 Å². The van der Waals surface area contributed by atoms with Gasteiger partial charge in [-0.05, 0) is 94.5 Å². The molecule has 0 bridgehead atoms. The number of nitrogens with zero attached hydrogens (tertiary/aromatic N) is 2. The lowest BCUT2D eigenvalue weighted by Crippen LogP contribution is -2.37. The van der Waals surface area contributed by atoms with E-state index in [9.17, 15) is 18.8 Å². The smallest absolute Gasteiger partial charge is 0.412 e. The molecule has 3 aromatic rings. The molecule has 0 fully saturated rings. The minimum absolute atomic E-state index is 0.254. The highest BCUT2D eigenvalue weighted by Gasteiger charge is 2.19. The molecule has 4 amide bonds. The number of para-hydroxylation sites is 2. The van der Waals surface area contributed by atoms with Gasteiger partial charge in [0.25, 0.3) is 5.91 Å². The van der Waals surface area contributed by atoms with Crippen molar-refractivity contribution in [1.82, 2.24) is 9.80 Å². The van der Waals surface area contributed by atoms with Crippen LogP contribution in [0.5, 0.6) is 0 Å². The van der Waals surface area contributed by atoms with Crippen molar-refractivity contribution in [3.63, 3.8) is 0 Å². The third-order valence-corrected chi connectivity index (χ3v) is 5.74. The average Bonchev–Trinajstić information content (AvgIpc) is 2.89. The largest absolute Gasteiger partial charge is 0.444 e. The first-order valence-electron chi connectivity index (χ1n) is 13.4. The number of hydrogen-bond donors (Lipinski definition) is 3. The predicted molar refractivity (Wildman–Crippen MR) is 164 cm³/mol. The second-order valence-corrected chi connectivity index (χ2v) is 11.1. The van der Waals surface area contributed by atoms with Gasteiger partial charge in [-0.3, -0.25) is 10.1 Å². The van der Waals surface area contributed by atoms with Crippen LogP contribution in [0, 0.1) is 5.82 Å². The van der Waals surface area contributed by atoms with Crippen molar-refractivity contribution >= 4 is 35.1 Å². The van der Waals surface area contributed by atoms with E-state index in [-0.39, 0.29) is 18.5 Å². The quantitative estimate of drug-likeness (QED) is 0.237. The number of amides is 4. The summed E-state index contributed by atoms with van der Waals surface area (Å²) >= 11 is 0. The van der Waals surface area contributed by atoms with E-state index in [1.165, 1.54) is 24.3 Å². The summed E-state index contributed by atoms with van der Waals surface area (Å²) in [6.45, 7) is 10.5. The van der Waals surface area contributed by atoms with Gasteiger partial charge in [0.15, 0.2) is 0 Å². The number of carbonyl (C=O) groups is 3. The lowest BCUT2D eigenvalue weighted by atomic mass is 10.1. The van der Waals surface area contributed by atoms with Crippen LogP contribution in [-0.2, 0) is 11.3 Å². The van der Waals surface area contributed by atoms with Gasteiger partial charge in [-0.2, -0.15) is 0 Å². The molecular weight excluding hydrogens is 537 g/mol. The fourth-order valence-electron chi connectivity index (χ4n) is 3.99. The summed E-state index contributed by atoms with van der Waals surface area (Å²) in [7, 11) is 3.84. The van der Waals surface area contributed by atoms with Crippen LogP contribution in [0.15, 0.2) is 84.9 Å². The van der Waals surface area contributed by atoms with Crippen molar-refractivity contribution in [2.24, 2.45) is 0 Å². The second-order valence-electron chi connectivity index (χ2n) is 11.1. The maximum absolute atomic E-state index is 13.3. The molecule has 3 rings (SSSR count). The number of benzene rings is 3. The third kappa shape index (κ3) is 10.4. The highest BCUT2D eigenvalue weighted by molar-refractivity contribution is 6.06. The molecule has 0 aliphatic heterocycles. The number of halogens is 1. The van der Waals surface area contributed by atoms with Crippen molar-refractivity contribution in [3.8, 4) is 0 Å². The van der Waals surface area contributed by atoms with E-state index in [0.717, 1.165) is 11.1 Å². The number of likely N-dealkylation sites (N-methyl/N-ethyl adjacent to an activating group) is 1. The lowest BCUT2D eigenvalue weighted by Gasteiger charge is -2.25. The number of carbonyl (C=O) groups excluding carboxylic acids is 3. The van der Waals surface area contributed by atoms with Crippen LogP contribution in [0.3, 0.4) is 0 Å². The van der Waals surface area contributed by atoms with Crippen molar-refractivity contribution in [1.29, 1.82) is 0 Å². The molecule has 0 aliphatic rings. The Morgan fingerprint density at radius 1 is 0.833 bits per heavy atom. The molecule has 42 heavy (non-hydrogen) atoms. The summed E-state index contributed by atoms with van der Waals surface area (Å²) in [5, 5.41) is 8.29. The highest BCUT2D eigenvalue weighted by atomic mass is 19.1. The zero-order valence-electron chi connectivity index (χ0n) is 24.7. The van der Waals surface area contributed by atoms with Crippen LogP contribution in [0.1, 0.15) is 36.7 Å². The molecule has 10 heteroatoms. The molecule has 0 aromatic heterocycles. The van der Waals surface area contributed by atoms with Crippen LogP contribution in [0.2, 0.25) is 0 Å². The summed E-state index contributed by atoms with van der Waals surface area (Å²) in [6.07, 6.45) is -0.630. The highest BCUT2D eigenvalue weighted by Crippen LogP contribution is 2.23.